The fraction of sp³-hybridized carbons (Fsp3) is 0.267. The Morgan fingerprint density at radius 1 is 1.23 bits per heavy atom. The second-order valence-electron chi connectivity index (χ2n) is 5.23. The van der Waals surface area contributed by atoms with E-state index in [1.165, 1.54) is 6.07 Å². The van der Waals surface area contributed by atoms with Gasteiger partial charge in [-0.1, -0.05) is 12.1 Å². The standard InChI is InChI=1S/C15H14N2O5/c18-11-4-2-1-3-9(11)13-16-12(15(21)22)10-7-8(14(19)20)5-6-17(10)13/h1-4,8,18H,5-7H2,(H,19,20)(H,21,22). The number of para-hydroxylation sites is 1. The summed E-state index contributed by atoms with van der Waals surface area (Å²) in [5, 5.41) is 28.4. The van der Waals surface area contributed by atoms with E-state index in [4.69, 9.17) is 5.11 Å². The number of aromatic carboxylic acids is 1. The van der Waals surface area contributed by atoms with Crippen LogP contribution in [0, 0.1) is 5.92 Å². The minimum Gasteiger partial charge on any atom is -0.507 e. The molecule has 1 aromatic carbocycles. The lowest BCUT2D eigenvalue weighted by molar-refractivity contribution is -0.142. The van der Waals surface area contributed by atoms with Crippen molar-refractivity contribution in [3.8, 4) is 17.1 Å². The first kappa shape index (κ1) is 14.1. The van der Waals surface area contributed by atoms with Crippen LogP contribution in [-0.4, -0.2) is 36.8 Å². The third-order valence-corrected chi connectivity index (χ3v) is 3.91. The number of imidazole rings is 1. The summed E-state index contributed by atoms with van der Waals surface area (Å²) in [6.07, 6.45) is 0.524. The van der Waals surface area contributed by atoms with Crippen LogP contribution >= 0.6 is 0 Å². The van der Waals surface area contributed by atoms with Gasteiger partial charge < -0.3 is 19.9 Å². The van der Waals surface area contributed by atoms with E-state index in [-0.39, 0.29) is 17.9 Å². The van der Waals surface area contributed by atoms with Crippen LogP contribution in [0.3, 0.4) is 0 Å². The van der Waals surface area contributed by atoms with Crippen molar-refractivity contribution in [3.63, 3.8) is 0 Å². The number of nitrogens with zero attached hydrogens (tertiary/aromatic N) is 2. The van der Waals surface area contributed by atoms with Crippen molar-refractivity contribution >= 4 is 11.9 Å². The van der Waals surface area contributed by atoms with Crippen molar-refractivity contribution in [2.45, 2.75) is 19.4 Å². The fourth-order valence-electron chi connectivity index (χ4n) is 2.80. The molecule has 1 atom stereocenters. The number of rotatable bonds is 3. The fourth-order valence-corrected chi connectivity index (χ4v) is 2.80. The third kappa shape index (κ3) is 2.20. The maximum atomic E-state index is 11.4. The zero-order valence-electron chi connectivity index (χ0n) is 11.6. The van der Waals surface area contributed by atoms with E-state index >= 15 is 0 Å². The number of phenols is 1. The van der Waals surface area contributed by atoms with Crippen molar-refractivity contribution < 1.29 is 24.9 Å². The van der Waals surface area contributed by atoms with Crippen molar-refractivity contribution in [3.05, 3.63) is 35.7 Å². The first-order valence-electron chi connectivity index (χ1n) is 6.83. The molecule has 0 saturated carbocycles. The number of aromatic hydroxyl groups is 1. The van der Waals surface area contributed by atoms with Gasteiger partial charge in [0.1, 0.15) is 11.6 Å². The zero-order valence-corrected chi connectivity index (χ0v) is 11.6. The highest BCUT2D eigenvalue weighted by Crippen LogP contribution is 2.33. The Kier molecular flexibility index (Phi) is 3.32. The molecule has 0 aliphatic carbocycles. The molecular formula is C15H14N2O5. The van der Waals surface area contributed by atoms with Gasteiger partial charge in [-0.25, -0.2) is 9.78 Å². The van der Waals surface area contributed by atoms with Gasteiger partial charge in [0.2, 0.25) is 0 Å². The van der Waals surface area contributed by atoms with E-state index in [0.29, 0.717) is 30.0 Å². The van der Waals surface area contributed by atoms with Crippen molar-refractivity contribution in [2.75, 3.05) is 0 Å². The normalized spacial score (nSPS) is 17.0. The van der Waals surface area contributed by atoms with Crippen LogP contribution in [0.5, 0.6) is 5.75 Å². The number of fused-ring (bicyclic) bond motifs is 1. The van der Waals surface area contributed by atoms with Crippen LogP contribution in [-0.2, 0) is 17.8 Å². The number of hydrogen-bond donors (Lipinski definition) is 3. The molecule has 0 saturated heterocycles. The first-order chi connectivity index (χ1) is 10.5. The summed E-state index contributed by atoms with van der Waals surface area (Å²) >= 11 is 0. The molecule has 0 bridgehead atoms. The monoisotopic (exact) mass is 302 g/mol. The Bertz CT molecular complexity index is 765. The van der Waals surface area contributed by atoms with E-state index in [9.17, 15) is 19.8 Å². The molecule has 2 aromatic rings. The van der Waals surface area contributed by atoms with Crippen LogP contribution in [0.4, 0.5) is 0 Å². The third-order valence-electron chi connectivity index (χ3n) is 3.91. The van der Waals surface area contributed by atoms with Gasteiger partial charge >= 0.3 is 11.9 Å². The lowest BCUT2D eigenvalue weighted by Crippen LogP contribution is -2.26. The SMILES string of the molecule is O=C(O)c1nc(-c2ccccc2O)n2c1CC(C(=O)O)CC2. The van der Waals surface area contributed by atoms with Crippen LogP contribution < -0.4 is 0 Å². The van der Waals surface area contributed by atoms with Gasteiger partial charge in [0, 0.05) is 13.0 Å². The summed E-state index contributed by atoms with van der Waals surface area (Å²) in [6.45, 7) is 0.357. The lowest BCUT2D eigenvalue weighted by atomic mass is 9.95. The minimum absolute atomic E-state index is 0.00703. The number of hydrogen-bond acceptors (Lipinski definition) is 4. The average molecular weight is 302 g/mol. The maximum absolute atomic E-state index is 11.4. The van der Waals surface area contributed by atoms with Gasteiger partial charge in [-0.2, -0.15) is 0 Å². The summed E-state index contributed by atoms with van der Waals surface area (Å²) in [6, 6.07) is 6.54. The van der Waals surface area contributed by atoms with Gasteiger partial charge in [-0.15, -0.1) is 0 Å². The van der Waals surface area contributed by atoms with Crippen molar-refractivity contribution in [1.29, 1.82) is 0 Å². The van der Waals surface area contributed by atoms with Gasteiger partial charge in [0.15, 0.2) is 5.69 Å². The zero-order chi connectivity index (χ0) is 15.9. The van der Waals surface area contributed by atoms with Crippen molar-refractivity contribution in [2.24, 2.45) is 5.92 Å². The molecule has 7 heteroatoms. The van der Waals surface area contributed by atoms with Gasteiger partial charge in [-0.3, -0.25) is 4.79 Å². The molecule has 114 valence electrons. The van der Waals surface area contributed by atoms with Crippen LogP contribution in [0.2, 0.25) is 0 Å². The quantitative estimate of drug-likeness (QED) is 0.793. The molecule has 7 nitrogen and oxygen atoms in total. The highest BCUT2D eigenvalue weighted by Gasteiger charge is 2.32. The van der Waals surface area contributed by atoms with E-state index in [0.717, 1.165) is 0 Å². The number of carboxylic acid groups (broad SMARTS) is 2. The summed E-state index contributed by atoms with van der Waals surface area (Å²) in [7, 11) is 0. The number of benzene rings is 1. The molecule has 0 fully saturated rings. The predicted octanol–water partition coefficient (Wildman–Crippen LogP) is 1.60. The Hall–Kier alpha value is -2.83. The molecule has 1 aliphatic rings. The Morgan fingerprint density at radius 2 is 1.95 bits per heavy atom. The molecule has 0 spiro atoms. The van der Waals surface area contributed by atoms with E-state index < -0.39 is 17.9 Å². The van der Waals surface area contributed by atoms with Gasteiger partial charge in [0.05, 0.1) is 17.2 Å². The van der Waals surface area contributed by atoms with E-state index in [1.54, 1.807) is 22.8 Å². The van der Waals surface area contributed by atoms with Gasteiger partial charge in [-0.05, 0) is 18.6 Å². The highest BCUT2D eigenvalue weighted by atomic mass is 16.4. The van der Waals surface area contributed by atoms with Crippen molar-refractivity contribution in [1.82, 2.24) is 9.55 Å². The highest BCUT2D eigenvalue weighted by molar-refractivity contribution is 5.88. The van der Waals surface area contributed by atoms with Crippen LogP contribution in [0.25, 0.3) is 11.4 Å². The summed E-state index contributed by atoms with van der Waals surface area (Å²) in [5.41, 5.74) is 0.679. The molecule has 3 N–H and O–H groups in total. The molecule has 2 heterocycles. The summed E-state index contributed by atoms with van der Waals surface area (Å²) < 4.78 is 1.69. The minimum atomic E-state index is -1.20. The van der Waals surface area contributed by atoms with Crippen LogP contribution in [0.15, 0.2) is 24.3 Å². The summed E-state index contributed by atoms with van der Waals surface area (Å²) in [5.74, 6) is -2.38. The number of carbonyl (C=O) groups is 2. The van der Waals surface area contributed by atoms with Crippen LogP contribution in [0.1, 0.15) is 22.6 Å². The Morgan fingerprint density at radius 3 is 2.59 bits per heavy atom. The van der Waals surface area contributed by atoms with E-state index in [1.807, 2.05) is 0 Å². The predicted molar refractivity (Wildman–Crippen MR) is 75.7 cm³/mol. The molecule has 1 aromatic heterocycles. The Balaban J connectivity index is 2.15. The number of aromatic nitrogens is 2. The smallest absolute Gasteiger partial charge is 0.356 e. The first-order valence-corrected chi connectivity index (χ1v) is 6.83. The molecular weight excluding hydrogens is 288 g/mol. The number of aliphatic carboxylic acids is 1. The molecule has 22 heavy (non-hydrogen) atoms. The average Bonchev–Trinajstić information content (AvgIpc) is 2.86. The summed E-state index contributed by atoms with van der Waals surface area (Å²) in [4.78, 5) is 26.7. The molecule has 1 unspecified atom stereocenters. The van der Waals surface area contributed by atoms with E-state index in [2.05, 4.69) is 4.98 Å². The number of carboxylic acids is 2. The second-order valence-corrected chi connectivity index (χ2v) is 5.23. The molecule has 3 rings (SSSR count). The topological polar surface area (TPSA) is 113 Å². The Labute approximate surface area is 125 Å². The molecule has 1 aliphatic heterocycles. The second kappa shape index (κ2) is 5.18. The lowest BCUT2D eigenvalue weighted by Gasteiger charge is -2.22. The number of phenolic OH excluding ortho intramolecular Hbond substituents is 1. The largest absolute Gasteiger partial charge is 0.507 e. The van der Waals surface area contributed by atoms with Gasteiger partial charge in [0.25, 0.3) is 0 Å². The molecule has 0 radical (unpaired) electrons. The maximum Gasteiger partial charge on any atom is 0.356 e. The molecule has 0 amide bonds.